The molecule has 0 radical (unpaired) electrons. The van der Waals surface area contributed by atoms with E-state index in [4.69, 9.17) is 28.1 Å². The molecule has 2 rings (SSSR count). The predicted molar refractivity (Wildman–Crippen MR) is 62.6 cm³/mol. The Labute approximate surface area is 91.4 Å². The van der Waals surface area contributed by atoms with Crippen molar-refractivity contribution in [3.05, 3.63) is 24.3 Å². The average Bonchev–Trinajstić information content (AvgIpc) is 2.35. The molecule has 0 aromatic heterocycles. The molecule has 0 aliphatic carbocycles. The van der Waals surface area contributed by atoms with Crippen molar-refractivity contribution in [2.24, 2.45) is 10.8 Å². The third-order valence-electron chi connectivity index (χ3n) is 1.84. The molecule has 0 atom stereocenters. The first-order valence-corrected chi connectivity index (χ1v) is 4.58. The molecule has 1 aliphatic rings. The Balaban J connectivity index is 2.41. The molecule has 0 unspecified atom stereocenters. The summed E-state index contributed by atoms with van der Waals surface area (Å²) in [5.41, 5.74) is 8.96. The van der Waals surface area contributed by atoms with Crippen LogP contribution in [0.5, 0.6) is 5.75 Å². The standard InChI is InChI=1S/C9H8N4OS/c10-8-7(9(11)15)13-12-5-3-1-2-4-6(5)14-8/h1-4,10,12H,(H2,11,15). The molecular weight excluding hydrogens is 212 g/mol. The Bertz CT molecular complexity index is 469. The Morgan fingerprint density at radius 3 is 2.93 bits per heavy atom. The maximum Gasteiger partial charge on any atom is 0.243 e. The Hall–Kier alpha value is -1.95. The molecule has 5 nitrogen and oxygen atoms in total. The summed E-state index contributed by atoms with van der Waals surface area (Å²) in [7, 11) is 0. The van der Waals surface area contributed by atoms with Gasteiger partial charge in [0.15, 0.2) is 11.5 Å². The molecule has 76 valence electrons. The van der Waals surface area contributed by atoms with E-state index >= 15 is 0 Å². The van der Waals surface area contributed by atoms with Gasteiger partial charge in [-0.15, -0.1) is 0 Å². The summed E-state index contributed by atoms with van der Waals surface area (Å²) in [6.07, 6.45) is 0. The van der Waals surface area contributed by atoms with Gasteiger partial charge in [-0.25, -0.2) is 0 Å². The molecule has 0 spiro atoms. The van der Waals surface area contributed by atoms with Crippen molar-refractivity contribution in [2.45, 2.75) is 0 Å². The van der Waals surface area contributed by atoms with Gasteiger partial charge in [0.05, 0.1) is 5.69 Å². The number of hydrazone groups is 1. The van der Waals surface area contributed by atoms with Gasteiger partial charge < -0.3 is 10.5 Å². The quantitative estimate of drug-likeness (QED) is 0.619. The van der Waals surface area contributed by atoms with Crippen LogP contribution in [0.15, 0.2) is 29.4 Å². The predicted octanol–water partition coefficient (Wildman–Crippen LogP) is 1.11. The van der Waals surface area contributed by atoms with Gasteiger partial charge in [-0.2, -0.15) is 5.10 Å². The summed E-state index contributed by atoms with van der Waals surface area (Å²) in [6.45, 7) is 0. The van der Waals surface area contributed by atoms with Crippen LogP contribution in [0.25, 0.3) is 0 Å². The zero-order valence-corrected chi connectivity index (χ0v) is 8.47. The van der Waals surface area contributed by atoms with E-state index in [1.54, 1.807) is 18.2 Å². The van der Waals surface area contributed by atoms with Gasteiger partial charge in [0.2, 0.25) is 5.90 Å². The largest absolute Gasteiger partial charge is 0.435 e. The highest BCUT2D eigenvalue weighted by molar-refractivity contribution is 7.82. The third-order valence-corrected chi connectivity index (χ3v) is 2.03. The maximum absolute atomic E-state index is 7.59. The van der Waals surface area contributed by atoms with Crippen molar-refractivity contribution in [1.29, 1.82) is 5.41 Å². The number of benzene rings is 1. The highest BCUT2D eigenvalue weighted by Crippen LogP contribution is 2.25. The molecular formula is C9H8N4OS. The van der Waals surface area contributed by atoms with E-state index in [1.165, 1.54) is 0 Å². The number of para-hydroxylation sites is 2. The number of nitrogens with one attached hydrogen (secondary N) is 2. The van der Waals surface area contributed by atoms with E-state index in [9.17, 15) is 0 Å². The van der Waals surface area contributed by atoms with Crippen LogP contribution in [0.1, 0.15) is 0 Å². The fourth-order valence-electron chi connectivity index (χ4n) is 1.14. The average molecular weight is 220 g/mol. The number of nitrogens with zero attached hydrogens (tertiary/aromatic N) is 1. The third kappa shape index (κ3) is 1.79. The number of thiocarbonyl (C=S) groups is 1. The fraction of sp³-hybridized carbons (Fsp3) is 0. The van der Waals surface area contributed by atoms with Crippen LogP contribution >= 0.6 is 12.2 Å². The maximum atomic E-state index is 7.59. The van der Waals surface area contributed by atoms with Crippen LogP contribution in [0.2, 0.25) is 0 Å². The molecule has 1 aromatic carbocycles. The normalized spacial score (nSPS) is 14.1. The number of anilines is 1. The summed E-state index contributed by atoms with van der Waals surface area (Å²) >= 11 is 4.75. The minimum absolute atomic E-state index is 0.0281. The number of fused-ring (bicyclic) bond motifs is 1. The van der Waals surface area contributed by atoms with Gasteiger partial charge >= 0.3 is 0 Å². The highest BCUT2D eigenvalue weighted by atomic mass is 32.1. The van der Waals surface area contributed by atoms with E-state index in [1.807, 2.05) is 6.07 Å². The lowest BCUT2D eigenvalue weighted by Gasteiger charge is -2.05. The molecule has 0 saturated carbocycles. The van der Waals surface area contributed by atoms with Crippen molar-refractivity contribution >= 4 is 34.5 Å². The van der Waals surface area contributed by atoms with Gasteiger partial charge in [0.1, 0.15) is 4.99 Å². The monoisotopic (exact) mass is 220 g/mol. The number of ether oxygens (including phenoxy) is 1. The zero-order chi connectivity index (χ0) is 10.8. The van der Waals surface area contributed by atoms with E-state index in [-0.39, 0.29) is 16.6 Å². The summed E-state index contributed by atoms with van der Waals surface area (Å²) in [5, 5.41) is 11.5. The van der Waals surface area contributed by atoms with Crippen LogP contribution in [0, 0.1) is 5.41 Å². The minimum Gasteiger partial charge on any atom is -0.435 e. The first kappa shape index (κ1) is 9.60. The minimum atomic E-state index is -0.153. The highest BCUT2D eigenvalue weighted by Gasteiger charge is 2.18. The first-order chi connectivity index (χ1) is 7.18. The van der Waals surface area contributed by atoms with Gasteiger partial charge in [0, 0.05) is 0 Å². The molecule has 0 amide bonds. The van der Waals surface area contributed by atoms with Crippen LogP contribution in [-0.4, -0.2) is 16.6 Å². The van der Waals surface area contributed by atoms with E-state index < -0.39 is 0 Å². The van der Waals surface area contributed by atoms with Crippen molar-refractivity contribution in [3.8, 4) is 5.75 Å². The molecule has 0 saturated heterocycles. The second-order valence-electron chi connectivity index (χ2n) is 2.86. The van der Waals surface area contributed by atoms with E-state index in [2.05, 4.69) is 10.5 Å². The summed E-state index contributed by atoms with van der Waals surface area (Å²) in [4.78, 5) is 0.0281. The van der Waals surface area contributed by atoms with Crippen LogP contribution in [-0.2, 0) is 0 Å². The van der Waals surface area contributed by atoms with Crippen molar-refractivity contribution < 1.29 is 4.74 Å². The van der Waals surface area contributed by atoms with Crippen LogP contribution in [0.4, 0.5) is 5.69 Å². The molecule has 4 N–H and O–H groups in total. The Morgan fingerprint density at radius 2 is 2.20 bits per heavy atom. The smallest absolute Gasteiger partial charge is 0.243 e. The Kier molecular flexibility index (Phi) is 2.34. The first-order valence-electron chi connectivity index (χ1n) is 4.18. The number of hydrogen-bond acceptors (Lipinski definition) is 5. The summed E-state index contributed by atoms with van der Waals surface area (Å²) in [6, 6.07) is 7.16. The van der Waals surface area contributed by atoms with E-state index in [0.29, 0.717) is 11.4 Å². The van der Waals surface area contributed by atoms with Crippen molar-refractivity contribution in [1.82, 2.24) is 0 Å². The van der Waals surface area contributed by atoms with E-state index in [0.717, 1.165) is 0 Å². The molecule has 15 heavy (non-hydrogen) atoms. The van der Waals surface area contributed by atoms with Gasteiger partial charge in [-0.05, 0) is 12.1 Å². The zero-order valence-electron chi connectivity index (χ0n) is 7.65. The summed E-state index contributed by atoms with van der Waals surface area (Å²) in [5.74, 6) is 0.373. The number of rotatable bonds is 1. The van der Waals surface area contributed by atoms with Gasteiger partial charge in [-0.3, -0.25) is 10.8 Å². The lowest BCUT2D eigenvalue weighted by atomic mass is 10.3. The second-order valence-corrected chi connectivity index (χ2v) is 3.30. The van der Waals surface area contributed by atoms with Crippen molar-refractivity contribution in [3.63, 3.8) is 0 Å². The van der Waals surface area contributed by atoms with Gasteiger partial charge in [-0.1, -0.05) is 24.4 Å². The number of hydrogen-bond donors (Lipinski definition) is 3. The Morgan fingerprint density at radius 1 is 1.47 bits per heavy atom. The molecule has 6 heteroatoms. The number of nitrogens with two attached hydrogens (primary N) is 1. The fourth-order valence-corrected chi connectivity index (χ4v) is 1.28. The lowest BCUT2D eigenvalue weighted by Crippen LogP contribution is -2.31. The molecule has 1 heterocycles. The van der Waals surface area contributed by atoms with Crippen molar-refractivity contribution in [2.75, 3.05) is 5.43 Å². The molecule has 0 fully saturated rings. The van der Waals surface area contributed by atoms with Crippen LogP contribution in [0.3, 0.4) is 0 Å². The lowest BCUT2D eigenvalue weighted by molar-refractivity contribution is 0.560. The summed E-state index contributed by atoms with van der Waals surface area (Å²) < 4.78 is 5.25. The topological polar surface area (TPSA) is 83.5 Å². The second kappa shape index (κ2) is 3.66. The molecule has 1 aromatic rings. The SMILES string of the molecule is N=C1Oc2ccccc2NN=C1C(N)=S. The van der Waals surface area contributed by atoms with Crippen LogP contribution < -0.4 is 15.9 Å². The molecule has 1 aliphatic heterocycles. The van der Waals surface area contributed by atoms with Gasteiger partial charge in [0.25, 0.3) is 0 Å². The molecule has 0 bridgehead atoms.